The number of hydrogen-bond acceptors (Lipinski definition) is 4. The molecule has 1 heterocycles. The van der Waals surface area contributed by atoms with Gasteiger partial charge in [-0.15, -0.1) is 0 Å². The maximum absolute atomic E-state index is 9.80. The normalized spacial score (nSPS) is 15.5. The van der Waals surface area contributed by atoms with Crippen LogP contribution in [0.4, 0.5) is 5.69 Å². The van der Waals surface area contributed by atoms with Crippen LogP contribution in [-0.4, -0.2) is 42.8 Å². The van der Waals surface area contributed by atoms with Crippen molar-refractivity contribution in [2.24, 2.45) is 0 Å². The summed E-state index contributed by atoms with van der Waals surface area (Å²) in [5, 5.41) is 10.6. The Hall–Kier alpha value is -1.91. The van der Waals surface area contributed by atoms with Crippen LogP contribution in [0, 0.1) is 0 Å². The van der Waals surface area contributed by atoms with Crippen molar-refractivity contribution in [1.82, 2.24) is 4.90 Å². The molecule has 0 radical (unpaired) electrons. The second-order valence-electron chi connectivity index (χ2n) is 5.95. The number of benzene rings is 2. The second kappa shape index (κ2) is 7.77. The predicted molar refractivity (Wildman–Crippen MR) is 98.2 cm³/mol. The topological polar surface area (TPSA) is 35.9 Å². The van der Waals surface area contributed by atoms with Gasteiger partial charge in [0.15, 0.2) is 11.5 Å². The smallest absolute Gasteiger partial charge is 0.161 e. The summed E-state index contributed by atoms with van der Waals surface area (Å²) < 4.78 is 5.46. The predicted octanol–water partition coefficient (Wildman–Crippen LogP) is 3.77. The summed E-state index contributed by atoms with van der Waals surface area (Å²) in [5.41, 5.74) is 2.27. The number of phenolic OH excluding ortho intramolecular Hbond substituents is 1. The van der Waals surface area contributed by atoms with E-state index in [1.165, 1.54) is 0 Å². The average Bonchev–Trinajstić information content (AvgIpc) is 2.59. The Balaban J connectivity index is 1.59. The Morgan fingerprint density at radius 3 is 2.54 bits per heavy atom. The van der Waals surface area contributed by atoms with Gasteiger partial charge in [-0.25, -0.2) is 0 Å². The van der Waals surface area contributed by atoms with Crippen molar-refractivity contribution in [2.45, 2.75) is 13.5 Å². The minimum atomic E-state index is 0.198. The molecular formula is C19H23ClN2O2. The number of halogens is 1. The van der Waals surface area contributed by atoms with E-state index in [0.29, 0.717) is 12.4 Å². The largest absolute Gasteiger partial charge is 0.504 e. The number of aromatic hydroxyl groups is 1. The molecule has 24 heavy (non-hydrogen) atoms. The maximum Gasteiger partial charge on any atom is 0.161 e. The number of nitrogens with zero attached hydrogens (tertiary/aromatic N) is 2. The van der Waals surface area contributed by atoms with Gasteiger partial charge in [-0.05, 0) is 36.8 Å². The van der Waals surface area contributed by atoms with Crippen LogP contribution in [0.1, 0.15) is 12.5 Å². The minimum Gasteiger partial charge on any atom is -0.504 e. The zero-order valence-corrected chi connectivity index (χ0v) is 14.7. The molecule has 128 valence electrons. The van der Waals surface area contributed by atoms with Crippen LogP contribution in [-0.2, 0) is 6.54 Å². The van der Waals surface area contributed by atoms with Crippen LogP contribution in [0.2, 0.25) is 5.02 Å². The highest BCUT2D eigenvalue weighted by molar-refractivity contribution is 6.33. The molecule has 0 aliphatic carbocycles. The number of ether oxygens (including phenoxy) is 1. The van der Waals surface area contributed by atoms with Gasteiger partial charge >= 0.3 is 0 Å². The van der Waals surface area contributed by atoms with E-state index in [4.69, 9.17) is 16.3 Å². The summed E-state index contributed by atoms with van der Waals surface area (Å²) in [6.07, 6.45) is 0. The number of piperazine rings is 1. The Bertz CT molecular complexity index is 685. The van der Waals surface area contributed by atoms with Gasteiger partial charge in [0.25, 0.3) is 0 Å². The molecule has 0 aromatic heterocycles. The molecule has 0 spiro atoms. The van der Waals surface area contributed by atoms with Gasteiger partial charge in [-0.1, -0.05) is 29.8 Å². The maximum atomic E-state index is 9.80. The second-order valence-corrected chi connectivity index (χ2v) is 6.36. The van der Waals surface area contributed by atoms with Crippen molar-refractivity contribution in [2.75, 3.05) is 37.7 Å². The lowest BCUT2D eigenvalue weighted by atomic mass is 10.1. The molecule has 4 nitrogen and oxygen atoms in total. The van der Waals surface area contributed by atoms with E-state index in [2.05, 4.69) is 15.9 Å². The number of hydrogen-bond donors (Lipinski definition) is 1. The number of phenols is 1. The van der Waals surface area contributed by atoms with Gasteiger partial charge in [0, 0.05) is 32.7 Å². The van der Waals surface area contributed by atoms with Gasteiger partial charge in [0.1, 0.15) is 0 Å². The van der Waals surface area contributed by atoms with E-state index in [-0.39, 0.29) is 5.75 Å². The Kier molecular flexibility index (Phi) is 5.48. The molecule has 1 aliphatic rings. The number of anilines is 1. The Labute approximate surface area is 148 Å². The highest BCUT2D eigenvalue weighted by Crippen LogP contribution is 2.28. The van der Waals surface area contributed by atoms with E-state index in [1.54, 1.807) is 6.07 Å². The van der Waals surface area contributed by atoms with E-state index in [9.17, 15) is 5.11 Å². The molecule has 0 amide bonds. The first-order valence-electron chi connectivity index (χ1n) is 8.34. The van der Waals surface area contributed by atoms with Crippen molar-refractivity contribution in [3.05, 3.63) is 53.1 Å². The van der Waals surface area contributed by atoms with Gasteiger partial charge in [0.05, 0.1) is 17.3 Å². The molecule has 2 aromatic carbocycles. The molecule has 0 atom stereocenters. The van der Waals surface area contributed by atoms with Gasteiger partial charge in [-0.3, -0.25) is 4.90 Å². The molecule has 1 aliphatic heterocycles. The summed E-state index contributed by atoms with van der Waals surface area (Å²) in [5.74, 6) is 0.758. The molecular weight excluding hydrogens is 324 g/mol. The SMILES string of the molecule is CCOc1cc(CN2CCN(c3ccccc3Cl)CC2)ccc1O. The first-order chi connectivity index (χ1) is 11.7. The summed E-state index contributed by atoms with van der Waals surface area (Å²) in [6, 6.07) is 13.6. The van der Waals surface area contributed by atoms with Crippen LogP contribution in [0.3, 0.4) is 0 Å². The first-order valence-corrected chi connectivity index (χ1v) is 8.71. The third-order valence-corrected chi connectivity index (χ3v) is 4.62. The van der Waals surface area contributed by atoms with E-state index < -0.39 is 0 Å². The molecule has 5 heteroatoms. The lowest BCUT2D eigenvalue weighted by Crippen LogP contribution is -2.46. The number of para-hydroxylation sites is 1. The Morgan fingerprint density at radius 1 is 1.08 bits per heavy atom. The average molecular weight is 347 g/mol. The van der Waals surface area contributed by atoms with Crippen molar-refractivity contribution in [3.63, 3.8) is 0 Å². The van der Waals surface area contributed by atoms with Crippen LogP contribution in [0.15, 0.2) is 42.5 Å². The Morgan fingerprint density at radius 2 is 1.83 bits per heavy atom. The van der Waals surface area contributed by atoms with Gasteiger partial charge in [-0.2, -0.15) is 0 Å². The number of rotatable bonds is 5. The third-order valence-electron chi connectivity index (χ3n) is 4.30. The molecule has 1 saturated heterocycles. The highest BCUT2D eigenvalue weighted by atomic mass is 35.5. The third kappa shape index (κ3) is 3.94. The molecule has 1 N–H and O–H groups in total. The molecule has 1 fully saturated rings. The molecule has 0 unspecified atom stereocenters. The summed E-state index contributed by atoms with van der Waals surface area (Å²) >= 11 is 6.29. The van der Waals surface area contributed by atoms with E-state index in [0.717, 1.165) is 49.0 Å². The molecule has 2 aromatic rings. The van der Waals surface area contributed by atoms with Crippen LogP contribution in [0.5, 0.6) is 11.5 Å². The van der Waals surface area contributed by atoms with Crippen molar-refractivity contribution >= 4 is 17.3 Å². The molecule has 0 bridgehead atoms. The van der Waals surface area contributed by atoms with E-state index in [1.807, 2.05) is 37.3 Å². The lowest BCUT2D eigenvalue weighted by molar-refractivity contribution is 0.249. The van der Waals surface area contributed by atoms with Gasteiger partial charge in [0.2, 0.25) is 0 Å². The lowest BCUT2D eigenvalue weighted by Gasteiger charge is -2.36. The monoisotopic (exact) mass is 346 g/mol. The zero-order valence-electron chi connectivity index (χ0n) is 13.9. The fraction of sp³-hybridized carbons (Fsp3) is 0.368. The van der Waals surface area contributed by atoms with E-state index >= 15 is 0 Å². The quantitative estimate of drug-likeness (QED) is 0.894. The fourth-order valence-corrected chi connectivity index (χ4v) is 3.30. The van der Waals surface area contributed by atoms with Crippen molar-refractivity contribution in [3.8, 4) is 11.5 Å². The summed E-state index contributed by atoms with van der Waals surface area (Å²) in [4.78, 5) is 4.75. The standard InChI is InChI=1S/C19H23ClN2O2/c1-2-24-19-13-15(7-8-18(19)23)14-21-9-11-22(12-10-21)17-6-4-3-5-16(17)20/h3-8,13,23H,2,9-12,14H2,1H3. The first kappa shape index (κ1) is 16.9. The van der Waals surface area contributed by atoms with Crippen LogP contribution < -0.4 is 9.64 Å². The van der Waals surface area contributed by atoms with Crippen LogP contribution in [0.25, 0.3) is 0 Å². The molecule has 0 saturated carbocycles. The summed E-state index contributed by atoms with van der Waals surface area (Å²) in [6.45, 7) is 7.21. The highest BCUT2D eigenvalue weighted by Gasteiger charge is 2.19. The van der Waals surface area contributed by atoms with Gasteiger partial charge < -0.3 is 14.7 Å². The minimum absolute atomic E-state index is 0.198. The van der Waals surface area contributed by atoms with Crippen LogP contribution >= 0.6 is 11.6 Å². The zero-order chi connectivity index (χ0) is 16.9. The van der Waals surface area contributed by atoms with Crippen molar-refractivity contribution < 1.29 is 9.84 Å². The summed E-state index contributed by atoms with van der Waals surface area (Å²) in [7, 11) is 0. The molecule has 3 rings (SSSR count). The van der Waals surface area contributed by atoms with Crippen molar-refractivity contribution in [1.29, 1.82) is 0 Å². The fourth-order valence-electron chi connectivity index (χ4n) is 3.04.